The van der Waals surface area contributed by atoms with Crippen LogP contribution in [0.2, 0.25) is 0 Å². The average Bonchev–Trinajstić information content (AvgIpc) is 3.07. The number of nitrogens with zero attached hydrogens (tertiary/aromatic N) is 3. The van der Waals surface area contributed by atoms with Gasteiger partial charge in [0.2, 0.25) is 0 Å². The first-order valence-corrected chi connectivity index (χ1v) is 10.0. The van der Waals surface area contributed by atoms with Crippen molar-refractivity contribution in [2.45, 2.75) is 16.5 Å². The van der Waals surface area contributed by atoms with Crippen molar-refractivity contribution >= 4 is 28.4 Å². The summed E-state index contributed by atoms with van der Waals surface area (Å²) in [6, 6.07) is 8.34. The van der Waals surface area contributed by atoms with Gasteiger partial charge in [0.05, 0.1) is 18.7 Å². The summed E-state index contributed by atoms with van der Waals surface area (Å²) in [5, 5.41) is 26.0. The average molecular weight is 385 g/mol. The second-order valence-electron chi connectivity index (χ2n) is 6.37. The van der Waals surface area contributed by atoms with E-state index in [1.54, 1.807) is 11.8 Å². The third-order valence-electron chi connectivity index (χ3n) is 4.58. The van der Waals surface area contributed by atoms with Crippen LogP contribution in [0.5, 0.6) is 0 Å². The number of aromatic nitrogens is 3. The molecule has 0 spiro atoms. The van der Waals surface area contributed by atoms with Gasteiger partial charge in [-0.15, -0.1) is 0 Å². The Hall–Kier alpha value is -2.13. The molecule has 1 aliphatic rings. The molecule has 3 aromatic rings. The van der Waals surface area contributed by atoms with Crippen LogP contribution in [0.4, 0.5) is 5.69 Å². The monoisotopic (exact) mass is 384 g/mol. The van der Waals surface area contributed by atoms with E-state index in [4.69, 9.17) is 10.2 Å². The van der Waals surface area contributed by atoms with E-state index in [0.717, 1.165) is 53.7 Å². The van der Waals surface area contributed by atoms with E-state index < -0.39 is 0 Å². The molecular formula is C19H24N6OS. The summed E-state index contributed by atoms with van der Waals surface area (Å²) in [4.78, 5) is 5.77. The first-order valence-electron chi connectivity index (χ1n) is 9.20. The van der Waals surface area contributed by atoms with Gasteiger partial charge in [-0.3, -0.25) is 4.68 Å². The Balaban J connectivity index is 1.76. The highest BCUT2D eigenvalue weighted by atomic mass is 32.2. The van der Waals surface area contributed by atoms with Gasteiger partial charge in [0.1, 0.15) is 10.7 Å². The molecule has 0 amide bonds. The fraction of sp³-hybridized carbons (Fsp3) is 0.368. The van der Waals surface area contributed by atoms with E-state index in [1.165, 1.54) is 10.3 Å². The number of benzene rings is 1. The molecule has 142 valence electrons. The van der Waals surface area contributed by atoms with Gasteiger partial charge in [-0.1, -0.05) is 11.8 Å². The molecule has 0 aliphatic carbocycles. The topological polar surface area (TPSA) is 87.0 Å². The molecule has 0 saturated heterocycles. The lowest BCUT2D eigenvalue weighted by Gasteiger charge is -2.18. The van der Waals surface area contributed by atoms with Crippen LogP contribution < -0.4 is 16.0 Å². The molecule has 0 fully saturated rings. The number of anilines is 1. The van der Waals surface area contributed by atoms with Crippen molar-refractivity contribution in [2.24, 2.45) is 0 Å². The standard InChI is InChI=1S/C19H24N6OS/c1-20-7-8-22-14-4-5-15-16-17(24-25(15)11-9-21-10-12-26)13-3-2-6-23-19(13)27-18(14)16/h2-6,20-22,26H,7-12H2,1H3. The molecule has 1 aliphatic heterocycles. The minimum Gasteiger partial charge on any atom is -0.395 e. The van der Waals surface area contributed by atoms with Gasteiger partial charge in [-0.2, -0.15) is 5.10 Å². The molecule has 0 radical (unpaired) electrons. The summed E-state index contributed by atoms with van der Waals surface area (Å²) < 4.78 is 2.05. The summed E-state index contributed by atoms with van der Waals surface area (Å²) in [7, 11) is 1.96. The number of hydrogen-bond donors (Lipinski definition) is 4. The van der Waals surface area contributed by atoms with Gasteiger partial charge in [0.15, 0.2) is 0 Å². The van der Waals surface area contributed by atoms with Gasteiger partial charge in [0, 0.05) is 53.9 Å². The Morgan fingerprint density at radius 2 is 2.07 bits per heavy atom. The van der Waals surface area contributed by atoms with Crippen molar-refractivity contribution in [3.63, 3.8) is 0 Å². The van der Waals surface area contributed by atoms with E-state index in [2.05, 4.69) is 43.8 Å². The maximum Gasteiger partial charge on any atom is 0.110 e. The van der Waals surface area contributed by atoms with Crippen molar-refractivity contribution in [1.82, 2.24) is 25.4 Å². The predicted octanol–water partition coefficient (Wildman–Crippen LogP) is 1.78. The maximum absolute atomic E-state index is 8.94. The summed E-state index contributed by atoms with van der Waals surface area (Å²) in [6.45, 7) is 4.02. The first kappa shape index (κ1) is 18.2. The second-order valence-corrected chi connectivity index (χ2v) is 7.37. The minimum atomic E-state index is 0.145. The molecule has 0 saturated carbocycles. The minimum absolute atomic E-state index is 0.145. The lowest BCUT2D eigenvalue weighted by molar-refractivity contribution is 0.291. The number of fused-ring (bicyclic) bond motifs is 2. The Labute approximate surface area is 162 Å². The normalized spacial score (nSPS) is 12.4. The maximum atomic E-state index is 8.94. The third-order valence-corrected chi connectivity index (χ3v) is 5.72. The van der Waals surface area contributed by atoms with Crippen LogP contribution in [0.1, 0.15) is 0 Å². The zero-order valence-corrected chi connectivity index (χ0v) is 16.1. The lowest BCUT2D eigenvalue weighted by atomic mass is 10.1. The molecule has 1 aromatic carbocycles. The second kappa shape index (κ2) is 8.26. The van der Waals surface area contributed by atoms with E-state index in [0.29, 0.717) is 6.54 Å². The highest BCUT2D eigenvalue weighted by molar-refractivity contribution is 7.99. The number of likely N-dealkylation sites (N-methyl/N-ethyl adjacent to an activating group) is 1. The van der Waals surface area contributed by atoms with Crippen molar-refractivity contribution in [3.8, 4) is 11.3 Å². The quantitative estimate of drug-likeness (QED) is 0.327. The van der Waals surface area contributed by atoms with Crippen LogP contribution in [0, 0.1) is 0 Å². The SMILES string of the molecule is CNCCNc1ccc2c3c(nn2CCNCCO)-c2cccnc2Sc13. The third kappa shape index (κ3) is 3.53. The molecule has 4 N–H and O–H groups in total. The number of aliphatic hydroxyl groups excluding tert-OH is 1. The van der Waals surface area contributed by atoms with Gasteiger partial charge >= 0.3 is 0 Å². The highest BCUT2D eigenvalue weighted by Crippen LogP contribution is 2.49. The fourth-order valence-electron chi connectivity index (χ4n) is 3.31. The van der Waals surface area contributed by atoms with Crippen molar-refractivity contribution in [2.75, 3.05) is 45.2 Å². The highest BCUT2D eigenvalue weighted by Gasteiger charge is 2.26. The summed E-state index contributed by atoms with van der Waals surface area (Å²) in [6.07, 6.45) is 1.83. The van der Waals surface area contributed by atoms with Crippen molar-refractivity contribution in [3.05, 3.63) is 30.5 Å². The number of aliphatic hydroxyl groups is 1. The largest absolute Gasteiger partial charge is 0.395 e. The molecule has 0 bridgehead atoms. The molecule has 0 unspecified atom stereocenters. The van der Waals surface area contributed by atoms with Crippen LogP contribution in [-0.4, -0.2) is 59.7 Å². The van der Waals surface area contributed by atoms with Crippen LogP contribution in [0.25, 0.3) is 22.2 Å². The van der Waals surface area contributed by atoms with E-state index in [9.17, 15) is 0 Å². The molecule has 3 heterocycles. The van der Waals surface area contributed by atoms with Crippen LogP contribution in [0.15, 0.2) is 40.4 Å². The zero-order valence-electron chi connectivity index (χ0n) is 15.3. The van der Waals surface area contributed by atoms with Gasteiger partial charge in [0.25, 0.3) is 0 Å². The van der Waals surface area contributed by atoms with Gasteiger partial charge in [-0.05, 0) is 31.3 Å². The van der Waals surface area contributed by atoms with E-state index in [-0.39, 0.29) is 6.61 Å². The Bertz CT molecular complexity index is 941. The van der Waals surface area contributed by atoms with Gasteiger partial charge in [-0.25, -0.2) is 4.98 Å². The number of rotatable bonds is 9. The molecule has 8 heteroatoms. The van der Waals surface area contributed by atoms with Crippen molar-refractivity contribution < 1.29 is 5.11 Å². The van der Waals surface area contributed by atoms with Crippen LogP contribution in [-0.2, 0) is 6.54 Å². The van der Waals surface area contributed by atoms with E-state index in [1.807, 2.05) is 19.3 Å². The fourth-order valence-corrected chi connectivity index (χ4v) is 4.44. The molecule has 27 heavy (non-hydrogen) atoms. The number of nitrogens with one attached hydrogen (secondary N) is 3. The Kier molecular flexibility index (Phi) is 5.58. The Morgan fingerprint density at radius 1 is 1.15 bits per heavy atom. The lowest BCUT2D eigenvalue weighted by Crippen LogP contribution is -2.23. The number of pyridine rings is 1. The molecule has 4 rings (SSSR count). The molecule has 0 atom stereocenters. The summed E-state index contributed by atoms with van der Waals surface area (Å²) >= 11 is 1.71. The molecule has 2 aromatic heterocycles. The van der Waals surface area contributed by atoms with Crippen LogP contribution in [0.3, 0.4) is 0 Å². The van der Waals surface area contributed by atoms with E-state index >= 15 is 0 Å². The van der Waals surface area contributed by atoms with Gasteiger partial charge < -0.3 is 21.1 Å². The first-order chi connectivity index (χ1) is 13.3. The predicted molar refractivity (Wildman–Crippen MR) is 109 cm³/mol. The van der Waals surface area contributed by atoms with Crippen LogP contribution >= 0.6 is 11.8 Å². The Morgan fingerprint density at radius 3 is 2.93 bits per heavy atom. The zero-order chi connectivity index (χ0) is 18.6. The summed E-state index contributed by atoms with van der Waals surface area (Å²) in [5.74, 6) is 0. The summed E-state index contributed by atoms with van der Waals surface area (Å²) in [5.41, 5.74) is 4.35. The molecule has 7 nitrogen and oxygen atoms in total. The smallest absolute Gasteiger partial charge is 0.110 e. The number of hydrogen-bond acceptors (Lipinski definition) is 7. The van der Waals surface area contributed by atoms with Crippen molar-refractivity contribution in [1.29, 1.82) is 0 Å². The molecular weight excluding hydrogens is 360 g/mol.